The number of rotatable bonds is 6. The SMILES string of the molecule is Cc1c(C(=O)N[C@@H](C)C(=O)O)nnn1-c1ccc(OC(C)C)cc1. The Balaban J connectivity index is 2.20. The lowest BCUT2D eigenvalue weighted by molar-refractivity contribution is -0.138. The van der Waals surface area contributed by atoms with Gasteiger partial charge in [-0.25, -0.2) is 4.68 Å². The molecule has 1 aromatic heterocycles. The van der Waals surface area contributed by atoms with Crippen LogP contribution in [0, 0.1) is 6.92 Å². The summed E-state index contributed by atoms with van der Waals surface area (Å²) in [7, 11) is 0. The fraction of sp³-hybridized carbons (Fsp3) is 0.375. The minimum absolute atomic E-state index is 0.0791. The predicted molar refractivity (Wildman–Crippen MR) is 86.4 cm³/mol. The lowest BCUT2D eigenvalue weighted by Crippen LogP contribution is -2.38. The molecule has 0 spiro atoms. The number of hydrogen-bond donors (Lipinski definition) is 2. The highest BCUT2D eigenvalue weighted by molar-refractivity contribution is 5.95. The van der Waals surface area contributed by atoms with Gasteiger partial charge >= 0.3 is 5.97 Å². The number of nitrogens with zero attached hydrogens (tertiary/aromatic N) is 3. The molecule has 1 aromatic carbocycles. The van der Waals surface area contributed by atoms with Gasteiger partial charge in [-0.2, -0.15) is 0 Å². The number of ether oxygens (including phenoxy) is 1. The van der Waals surface area contributed by atoms with E-state index in [-0.39, 0.29) is 11.8 Å². The van der Waals surface area contributed by atoms with Crippen molar-refractivity contribution in [2.75, 3.05) is 0 Å². The van der Waals surface area contributed by atoms with Crippen molar-refractivity contribution in [2.24, 2.45) is 0 Å². The topological polar surface area (TPSA) is 106 Å². The van der Waals surface area contributed by atoms with E-state index in [0.29, 0.717) is 5.69 Å². The van der Waals surface area contributed by atoms with Crippen LogP contribution in [0.3, 0.4) is 0 Å². The standard InChI is InChI=1S/C16H20N4O4/c1-9(2)24-13-7-5-12(6-8-13)20-11(4)14(18-19-20)15(21)17-10(3)16(22)23/h5-10H,1-4H3,(H,17,21)(H,22,23)/t10-/m0/s1. The van der Waals surface area contributed by atoms with Crippen LogP contribution in [-0.2, 0) is 4.79 Å². The first-order valence-corrected chi connectivity index (χ1v) is 7.52. The van der Waals surface area contributed by atoms with Crippen LogP contribution in [0.5, 0.6) is 5.75 Å². The Labute approximate surface area is 139 Å². The Hall–Kier alpha value is -2.90. The van der Waals surface area contributed by atoms with Crippen LogP contribution < -0.4 is 10.1 Å². The molecule has 0 radical (unpaired) electrons. The third-order valence-corrected chi connectivity index (χ3v) is 3.28. The number of carbonyl (C=O) groups excluding carboxylic acids is 1. The van der Waals surface area contributed by atoms with Crippen molar-refractivity contribution in [2.45, 2.75) is 39.8 Å². The highest BCUT2D eigenvalue weighted by atomic mass is 16.5. The van der Waals surface area contributed by atoms with Crippen molar-refractivity contribution < 1.29 is 19.4 Å². The van der Waals surface area contributed by atoms with Gasteiger partial charge in [-0.1, -0.05) is 5.21 Å². The second-order valence-corrected chi connectivity index (χ2v) is 5.63. The van der Waals surface area contributed by atoms with E-state index < -0.39 is 17.9 Å². The monoisotopic (exact) mass is 332 g/mol. The van der Waals surface area contributed by atoms with Gasteiger partial charge in [0.2, 0.25) is 0 Å². The Morgan fingerprint density at radius 1 is 1.21 bits per heavy atom. The van der Waals surface area contributed by atoms with Gasteiger partial charge in [0, 0.05) is 0 Å². The summed E-state index contributed by atoms with van der Waals surface area (Å²) in [6.07, 6.45) is 0.0791. The number of aliphatic carboxylic acids is 1. The molecule has 1 atom stereocenters. The van der Waals surface area contributed by atoms with E-state index in [1.54, 1.807) is 19.1 Å². The Bertz CT molecular complexity index is 737. The molecular weight excluding hydrogens is 312 g/mol. The van der Waals surface area contributed by atoms with Gasteiger partial charge in [0.05, 0.1) is 17.5 Å². The number of nitrogens with one attached hydrogen (secondary N) is 1. The number of aromatic nitrogens is 3. The van der Waals surface area contributed by atoms with Gasteiger partial charge in [-0.05, 0) is 52.0 Å². The Kier molecular flexibility index (Phi) is 5.18. The zero-order chi connectivity index (χ0) is 17.9. The van der Waals surface area contributed by atoms with E-state index >= 15 is 0 Å². The normalized spacial score (nSPS) is 12.0. The third kappa shape index (κ3) is 3.89. The molecule has 0 bridgehead atoms. The van der Waals surface area contributed by atoms with Crippen LogP contribution in [0.15, 0.2) is 24.3 Å². The molecule has 0 saturated heterocycles. The first-order chi connectivity index (χ1) is 11.3. The van der Waals surface area contributed by atoms with E-state index in [1.165, 1.54) is 11.6 Å². The third-order valence-electron chi connectivity index (χ3n) is 3.28. The van der Waals surface area contributed by atoms with Crippen LogP contribution in [0.2, 0.25) is 0 Å². The van der Waals surface area contributed by atoms with E-state index in [4.69, 9.17) is 9.84 Å². The minimum atomic E-state index is -1.12. The van der Waals surface area contributed by atoms with Crippen molar-refractivity contribution >= 4 is 11.9 Å². The van der Waals surface area contributed by atoms with Crippen LogP contribution in [0.1, 0.15) is 37.0 Å². The lowest BCUT2D eigenvalue weighted by atomic mass is 10.2. The molecule has 0 aliphatic heterocycles. The summed E-state index contributed by atoms with van der Waals surface area (Å²) < 4.78 is 7.09. The second kappa shape index (κ2) is 7.12. The molecule has 0 aliphatic rings. The zero-order valence-electron chi connectivity index (χ0n) is 14.0. The van der Waals surface area contributed by atoms with Gasteiger partial charge in [0.25, 0.3) is 5.91 Å². The van der Waals surface area contributed by atoms with Gasteiger partial charge in [-0.15, -0.1) is 5.10 Å². The quantitative estimate of drug-likeness (QED) is 0.831. The van der Waals surface area contributed by atoms with Crippen molar-refractivity contribution in [1.82, 2.24) is 20.3 Å². The number of carboxylic acids is 1. The molecule has 0 saturated carbocycles. The van der Waals surface area contributed by atoms with Crippen LogP contribution in [0.4, 0.5) is 0 Å². The minimum Gasteiger partial charge on any atom is -0.491 e. The number of amides is 1. The molecule has 0 unspecified atom stereocenters. The maximum absolute atomic E-state index is 12.1. The van der Waals surface area contributed by atoms with Gasteiger partial charge < -0.3 is 15.2 Å². The summed E-state index contributed by atoms with van der Waals surface area (Å²) in [5.41, 5.74) is 1.33. The average Bonchev–Trinajstić information content (AvgIpc) is 2.89. The highest BCUT2D eigenvalue weighted by Gasteiger charge is 2.21. The summed E-state index contributed by atoms with van der Waals surface area (Å²) in [6.45, 7) is 6.96. The molecule has 1 amide bonds. The second-order valence-electron chi connectivity index (χ2n) is 5.63. The largest absolute Gasteiger partial charge is 0.491 e. The van der Waals surface area contributed by atoms with Gasteiger partial charge in [-0.3, -0.25) is 9.59 Å². The molecule has 24 heavy (non-hydrogen) atoms. The first kappa shape index (κ1) is 17.5. The summed E-state index contributed by atoms with van der Waals surface area (Å²) in [5, 5.41) is 19.0. The summed E-state index contributed by atoms with van der Waals surface area (Å²) in [6, 6.07) is 6.22. The highest BCUT2D eigenvalue weighted by Crippen LogP contribution is 2.18. The first-order valence-electron chi connectivity index (χ1n) is 7.52. The summed E-state index contributed by atoms with van der Waals surface area (Å²) in [5.74, 6) is -0.956. The van der Waals surface area contributed by atoms with Crippen LogP contribution in [0.25, 0.3) is 5.69 Å². The van der Waals surface area contributed by atoms with E-state index in [1.807, 2.05) is 26.0 Å². The maximum atomic E-state index is 12.1. The molecule has 0 fully saturated rings. The predicted octanol–water partition coefficient (Wildman–Crippen LogP) is 1.57. The zero-order valence-corrected chi connectivity index (χ0v) is 14.0. The molecule has 1 heterocycles. The molecule has 2 rings (SSSR count). The van der Waals surface area contributed by atoms with Crippen LogP contribution in [-0.4, -0.2) is 44.1 Å². The molecule has 2 N–H and O–H groups in total. The van der Waals surface area contributed by atoms with E-state index in [2.05, 4.69) is 15.6 Å². The smallest absolute Gasteiger partial charge is 0.325 e. The Morgan fingerprint density at radius 2 is 1.83 bits per heavy atom. The number of carbonyl (C=O) groups is 2. The lowest BCUT2D eigenvalue weighted by Gasteiger charge is -2.10. The summed E-state index contributed by atoms with van der Waals surface area (Å²) in [4.78, 5) is 22.9. The fourth-order valence-electron chi connectivity index (χ4n) is 2.05. The molecule has 2 aromatic rings. The van der Waals surface area contributed by atoms with Crippen molar-refractivity contribution in [3.05, 3.63) is 35.7 Å². The van der Waals surface area contributed by atoms with Gasteiger partial charge in [0.1, 0.15) is 11.8 Å². The van der Waals surface area contributed by atoms with E-state index in [0.717, 1.165) is 11.4 Å². The van der Waals surface area contributed by atoms with Crippen molar-refractivity contribution in [1.29, 1.82) is 0 Å². The maximum Gasteiger partial charge on any atom is 0.325 e. The number of benzene rings is 1. The molecule has 8 nitrogen and oxygen atoms in total. The Morgan fingerprint density at radius 3 is 2.38 bits per heavy atom. The molecular formula is C16H20N4O4. The van der Waals surface area contributed by atoms with Gasteiger partial charge in [0.15, 0.2) is 5.69 Å². The van der Waals surface area contributed by atoms with Crippen LogP contribution >= 0.6 is 0 Å². The van der Waals surface area contributed by atoms with E-state index in [9.17, 15) is 9.59 Å². The van der Waals surface area contributed by atoms with Crippen molar-refractivity contribution in [3.63, 3.8) is 0 Å². The molecule has 128 valence electrons. The number of carboxylic acid groups (broad SMARTS) is 1. The molecule has 0 aliphatic carbocycles. The van der Waals surface area contributed by atoms with Crippen molar-refractivity contribution in [3.8, 4) is 11.4 Å². The fourth-order valence-corrected chi connectivity index (χ4v) is 2.05. The average molecular weight is 332 g/mol. The summed E-state index contributed by atoms with van der Waals surface area (Å²) >= 11 is 0. The molecule has 8 heteroatoms. The number of hydrogen-bond acceptors (Lipinski definition) is 5.